The molecular weight excluding hydrogens is 413 g/mol. The van der Waals surface area contributed by atoms with Gasteiger partial charge in [-0.2, -0.15) is 18.3 Å². The summed E-state index contributed by atoms with van der Waals surface area (Å²) in [6.07, 6.45) is -1.70. The van der Waals surface area contributed by atoms with Crippen molar-refractivity contribution in [3.63, 3.8) is 0 Å². The first kappa shape index (κ1) is 20.5. The molecule has 2 aliphatic heterocycles. The number of ether oxygens (including phenoxy) is 1. The van der Waals surface area contributed by atoms with Crippen molar-refractivity contribution in [2.75, 3.05) is 51.3 Å². The van der Waals surface area contributed by atoms with Gasteiger partial charge in [-0.25, -0.2) is 4.98 Å². The Kier molecular flexibility index (Phi) is 4.50. The van der Waals surface area contributed by atoms with Crippen LogP contribution in [0.4, 0.5) is 18.9 Å². The first-order chi connectivity index (χ1) is 14.7. The Balaban J connectivity index is 1.39. The summed E-state index contributed by atoms with van der Waals surface area (Å²) < 4.78 is 49.8. The maximum atomic E-state index is 14.2. The number of nitrogens with one attached hydrogen (secondary N) is 1. The third kappa shape index (κ3) is 3.00. The zero-order chi connectivity index (χ0) is 22.0. The lowest BCUT2D eigenvalue weighted by Gasteiger charge is -2.30. The molecule has 3 fully saturated rings. The third-order valence-corrected chi connectivity index (χ3v) is 7.08. The number of aryl methyl sites for hydroxylation is 1. The molecule has 1 amide bonds. The fourth-order valence-electron chi connectivity index (χ4n) is 5.27. The number of pyridine rings is 1. The van der Waals surface area contributed by atoms with Crippen LogP contribution in [0.3, 0.4) is 0 Å². The number of halogens is 3. The fourth-order valence-corrected chi connectivity index (χ4v) is 5.27. The normalized spacial score (nSPS) is 31.1. The minimum Gasteiger partial charge on any atom is -0.374 e. The summed E-state index contributed by atoms with van der Waals surface area (Å²) >= 11 is 0. The van der Waals surface area contributed by atoms with Gasteiger partial charge in [-0.1, -0.05) is 0 Å². The van der Waals surface area contributed by atoms with Crippen LogP contribution in [-0.2, 0) is 16.6 Å². The van der Waals surface area contributed by atoms with Gasteiger partial charge in [0.25, 0.3) is 0 Å². The van der Waals surface area contributed by atoms with Gasteiger partial charge < -0.3 is 19.9 Å². The van der Waals surface area contributed by atoms with Gasteiger partial charge in [0.1, 0.15) is 5.41 Å². The van der Waals surface area contributed by atoms with Gasteiger partial charge in [0, 0.05) is 46.0 Å². The predicted octanol–water partition coefficient (Wildman–Crippen LogP) is 1.17. The second kappa shape index (κ2) is 6.80. The maximum Gasteiger partial charge on any atom is 0.397 e. The Bertz CT molecular complexity index is 1030. The van der Waals surface area contributed by atoms with Crippen LogP contribution >= 0.6 is 0 Å². The predicted molar refractivity (Wildman–Crippen MR) is 107 cm³/mol. The van der Waals surface area contributed by atoms with Crippen LogP contribution in [0.2, 0.25) is 0 Å². The van der Waals surface area contributed by atoms with Crippen molar-refractivity contribution in [2.45, 2.75) is 18.7 Å². The molecule has 0 spiro atoms. The van der Waals surface area contributed by atoms with Gasteiger partial charge in [0.15, 0.2) is 5.65 Å². The number of anilines is 1. The third-order valence-electron chi connectivity index (χ3n) is 7.08. The molecule has 1 aliphatic carbocycles. The molecule has 2 aromatic heterocycles. The molecule has 4 heterocycles. The van der Waals surface area contributed by atoms with E-state index in [-0.39, 0.29) is 32.2 Å². The van der Waals surface area contributed by atoms with Crippen LogP contribution in [-0.4, -0.2) is 84.2 Å². The molecule has 0 radical (unpaired) electrons. The maximum absolute atomic E-state index is 14.2. The molecular formula is C20H25F3N6O2. The molecule has 0 bridgehead atoms. The standard InChI is InChI=1S/C20H25F3N6O2/c1-27-5-6-31-13(9-27)7-25-17(30)18-10-19(18,20(21,22)23)12-29(11-18)15-3-4-24-16-14(15)8-26-28(16)2/h3-4,8,13H,5-7,9-12H2,1-2H3,(H,25,30). The number of fused-ring (bicyclic) bond motifs is 2. The Hall–Kier alpha value is -2.40. The average Bonchev–Trinajstić information content (AvgIpc) is 3.05. The highest BCUT2D eigenvalue weighted by molar-refractivity contribution is 5.93. The number of amides is 1. The number of likely N-dealkylation sites (N-methyl/N-ethyl adjacent to an activating group) is 1. The van der Waals surface area contributed by atoms with Crippen LogP contribution in [0, 0.1) is 10.8 Å². The van der Waals surface area contributed by atoms with E-state index in [1.807, 2.05) is 7.05 Å². The number of nitrogens with zero attached hydrogens (tertiary/aromatic N) is 5. The summed E-state index contributed by atoms with van der Waals surface area (Å²) in [5, 5.41) is 7.61. The number of carbonyl (C=O) groups excluding carboxylic acids is 1. The summed E-state index contributed by atoms with van der Waals surface area (Å²) in [7, 11) is 3.69. The van der Waals surface area contributed by atoms with Crippen LogP contribution in [0.5, 0.6) is 0 Å². The number of hydrogen-bond donors (Lipinski definition) is 1. The second-order valence-corrected chi connectivity index (χ2v) is 9.00. The lowest BCUT2D eigenvalue weighted by atomic mass is 9.94. The number of piperidine rings is 1. The monoisotopic (exact) mass is 438 g/mol. The van der Waals surface area contributed by atoms with E-state index in [4.69, 9.17) is 4.74 Å². The van der Waals surface area contributed by atoms with E-state index in [0.717, 1.165) is 6.54 Å². The van der Waals surface area contributed by atoms with E-state index in [1.165, 1.54) is 0 Å². The van der Waals surface area contributed by atoms with Gasteiger partial charge in [0.05, 0.1) is 35.4 Å². The van der Waals surface area contributed by atoms with Gasteiger partial charge in [-0.3, -0.25) is 9.48 Å². The second-order valence-electron chi connectivity index (χ2n) is 9.00. The minimum absolute atomic E-state index is 0.0117. The summed E-state index contributed by atoms with van der Waals surface area (Å²) in [6.45, 7) is 1.96. The fraction of sp³-hybridized carbons (Fsp3) is 0.650. The molecule has 3 unspecified atom stereocenters. The van der Waals surface area contributed by atoms with E-state index < -0.39 is 22.9 Å². The molecule has 5 rings (SSSR count). The zero-order valence-electron chi connectivity index (χ0n) is 17.4. The lowest BCUT2D eigenvalue weighted by Crippen LogP contribution is -2.48. The van der Waals surface area contributed by atoms with Gasteiger partial charge in [-0.15, -0.1) is 0 Å². The van der Waals surface area contributed by atoms with Crippen LogP contribution in [0.1, 0.15) is 6.42 Å². The van der Waals surface area contributed by atoms with Gasteiger partial charge in [-0.05, 0) is 19.5 Å². The van der Waals surface area contributed by atoms with Crippen LogP contribution < -0.4 is 10.2 Å². The van der Waals surface area contributed by atoms with E-state index in [9.17, 15) is 18.0 Å². The Morgan fingerprint density at radius 1 is 1.35 bits per heavy atom. The highest BCUT2D eigenvalue weighted by Crippen LogP contribution is 2.75. The lowest BCUT2D eigenvalue weighted by molar-refractivity contribution is -0.191. The van der Waals surface area contributed by atoms with Gasteiger partial charge in [0.2, 0.25) is 5.91 Å². The van der Waals surface area contributed by atoms with E-state index in [2.05, 4.69) is 20.3 Å². The smallest absolute Gasteiger partial charge is 0.374 e. The minimum atomic E-state index is -4.47. The quantitative estimate of drug-likeness (QED) is 0.773. The van der Waals surface area contributed by atoms with Crippen molar-refractivity contribution in [1.29, 1.82) is 0 Å². The number of rotatable bonds is 4. The van der Waals surface area contributed by atoms with Crippen molar-refractivity contribution in [3.8, 4) is 0 Å². The first-order valence-corrected chi connectivity index (χ1v) is 10.3. The van der Waals surface area contributed by atoms with Crippen LogP contribution in [0.25, 0.3) is 11.0 Å². The average molecular weight is 438 g/mol. The summed E-state index contributed by atoms with van der Waals surface area (Å²) in [5.74, 6) is -0.541. The number of morpholine rings is 1. The Morgan fingerprint density at radius 2 is 2.16 bits per heavy atom. The molecule has 0 aromatic carbocycles. The summed E-state index contributed by atoms with van der Waals surface area (Å²) in [5.41, 5.74) is -2.30. The van der Waals surface area contributed by atoms with Crippen molar-refractivity contribution >= 4 is 22.6 Å². The van der Waals surface area contributed by atoms with Crippen LogP contribution in [0.15, 0.2) is 18.5 Å². The summed E-state index contributed by atoms with van der Waals surface area (Å²) in [6, 6.07) is 1.69. The van der Waals surface area contributed by atoms with E-state index in [0.29, 0.717) is 29.9 Å². The molecule has 11 heteroatoms. The largest absolute Gasteiger partial charge is 0.397 e. The van der Waals surface area contributed by atoms with Crippen molar-refractivity contribution < 1.29 is 22.7 Å². The highest BCUT2D eigenvalue weighted by atomic mass is 19.4. The number of hydrogen-bond acceptors (Lipinski definition) is 6. The Labute approximate surface area is 177 Å². The Morgan fingerprint density at radius 3 is 2.90 bits per heavy atom. The van der Waals surface area contributed by atoms with Crippen molar-refractivity contribution in [3.05, 3.63) is 18.5 Å². The summed E-state index contributed by atoms with van der Waals surface area (Å²) in [4.78, 5) is 21.1. The molecule has 3 atom stereocenters. The first-order valence-electron chi connectivity index (χ1n) is 10.3. The SMILES string of the molecule is CN1CCOC(CNC(=O)C23CN(c4ccnc5c4cnn5C)CC2(C(F)(F)F)C3)C1. The number of aromatic nitrogens is 3. The zero-order valence-corrected chi connectivity index (χ0v) is 17.4. The number of alkyl halides is 3. The number of carbonyl (C=O) groups is 1. The molecule has 3 aliphatic rings. The van der Waals surface area contributed by atoms with Crippen molar-refractivity contribution in [1.82, 2.24) is 25.0 Å². The molecule has 8 nitrogen and oxygen atoms in total. The molecule has 168 valence electrons. The van der Waals surface area contributed by atoms with Gasteiger partial charge >= 0.3 is 6.18 Å². The van der Waals surface area contributed by atoms with Crippen molar-refractivity contribution in [2.24, 2.45) is 17.9 Å². The van der Waals surface area contributed by atoms with E-state index >= 15 is 0 Å². The topological polar surface area (TPSA) is 75.5 Å². The molecule has 2 saturated heterocycles. The molecule has 1 N–H and O–H groups in total. The molecule has 31 heavy (non-hydrogen) atoms. The molecule has 2 aromatic rings. The van der Waals surface area contributed by atoms with E-state index in [1.54, 1.807) is 35.1 Å². The molecule has 1 saturated carbocycles. The highest BCUT2D eigenvalue weighted by Gasteiger charge is 2.86.